The lowest BCUT2D eigenvalue weighted by Gasteiger charge is -2.61. The summed E-state index contributed by atoms with van der Waals surface area (Å²) in [4.78, 5) is 42.5. The third-order valence-electron chi connectivity index (χ3n) is 10.0. The summed E-state index contributed by atoms with van der Waals surface area (Å²) in [5.41, 5.74) is 4.30. The van der Waals surface area contributed by atoms with Gasteiger partial charge in [-0.2, -0.15) is 5.26 Å². The van der Waals surface area contributed by atoms with E-state index in [4.69, 9.17) is 23.7 Å². The van der Waals surface area contributed by atoms with Crippen LogP contribution in [0.2, 0.25) is 0 Å². The Morgan fingerprint density at radius 3 is 2.55 bits per heavy atom. The highest BCUT2D eigenvalue weighted by Gasteiger charge is 2.60. The lowest BCUT2D eigenvalue weighted by atomic mass is 9.71. The van der Waals surface area contributed by atoms with Crippen molar-refractivity contribution in [2.24, 2.45) is 0 Å². The monoisotopic (exact) mass is 664 g/mol. The van der Waals surface area contributed by atoms with Crippen LogP contribution in [-0.2, 0) is 25.5 Å². The molecule has 2 aromatic carbocycles. The minimum Gasteiger partial charge on any atom is -0.504 e. The van der Waals surface area contributed by atoms with Crippen LogP contribution in [0.15, 0.2) is 6.07 Å². The number of thioether (sulfide) groups is 1. The standard InChI is InChI=1S/C33H36N4O9S/c1-13-7-17-8-19-20(9-34)37-21-10-43-33(41)18(35-15(3)38)11-47-32(26(37)25(36(19)5)22(17)27(40)28(13)42-6)24-23(21)31-30(44-12-45-31)14(2)29(24)46-16(4)39/h7,18-21,25-26,32,40H,8,10-12H2,1-6H3,(H,35,38)/t18-,19-,20-,21-,25+,26?,32+/m0/s1. The van der Waals surface area contributed by atoms with Gasteiger partial charge >= 0.3 is 11.9 Å². The van der Waals surface area contributed by atoms with Crippen molar-refractivity contribution in [2.45, 2.75) is 75.6 Å². The zero-order chi connectivity index (χ0) is 33.5. The number of rotatable bonds is 3. The van der Waals surface area contributed by atoms with Gasteiger partial charge in [-0.15, -0.1) is 11.8 Å². The van der Waals surface area contributed by atoms with Crippen LogP contribution in [0.4, 0.5) is 0 Å². The molecule has 0 aliphatic carbocycles. The molecule has 2 N–H and O–H groups in total. The van der Waals surface area contributed by atoms with Crippen molar-refractivity contribution in [3.63, 3.8) is 0 Å². The number of nitriles is 1. The van der Waals surface area contributed by atoms with Crippen LogP contribution in [-0.4, -0.2) is 90.2 Å². The predicted molar refractivity (Wildman–Crippen MR) is 168 cm³/mol. The summed E-state index contributed by atoms with van der Waals surface area (Å²) >= 11 is 1.39. The SMILES string of the molecule is COc1c(C)cc2c(c1O)[C@@H]1C3[C@@H]4SC[C@H](NC(C)=O)C(=O)OC[C@@H](c5c6c(c(C)c(OC(C)=O)c54)OCO6)N3[C@@H](C#N)[C@H](C2)N1C. The summed E-state index contributed by atoms with van der Waals surface area (Å²) in [6.45, 7) is 6.13. The number of cyclic esters (lactones) is 1. The zero-order valence-corrected chi connectivity index (χ0v) is 27.7. The van der Waals surface area contributed by atoms with Gasteiger partial charge in [-0.1, -0.05) is 6.07 Å². The fourth-order valence-electron chi connectivity index (χ4n) is 8.31. The zero-order valence-electron chi connectivity index (χ0n) is 26.9. The lowest BCUT2D eigenvalue weighted by Crippen LogP contribution is -2.69. The van der Waals surface area contributed by atoms with Crippen LogP contribution in [0.5, 0.6) is 28.7 Å². The molecule has 14 heteroatoms. The quantitative estimate of drug-likeness (QED) is 0.365. The van der Waals surface area contributed by atoms with Crippen LogP contribution in [0, 0.1) is 25.2 Å². The average molecular weight is 665 g/mol. The van der Waals surface area contributed by atoms with Crippen LogP contribution in [0.1, 0.15) is 64.6 Å². The van der Waals surface area contributed by atoms with E-state index in [1.807, 2.05) is 20.0 Å². The summed E-state index contributed by atoms with van der Waals surface area (Å²) in [7, 11) is 3.48. The van der Waals surface area contributed by atoms with E-state index in [0.717, 1.165) is 11.1 Å². The number of carbonyl (C=O) groups excluding carboxylic acids is 3. The molecule has 2 fully saturated rings. The summed E-state index contributed by atoms with van der Waals surface area (Å²) in [6, 6.07) is 1.02. The first kappa shape index (κ1) is 31.4. The van der Waals surface area contributed by atoms with E-state index in [1.54, 1.807) is 6.92 Å². The summed E-state index contributed by atoms with van der Waals surface area (Å²) in [5.74, 6) is 0.248. The topological polar surface area (TPSA) is 160 Å². The maximum atomic E-state index is 13.4. The number of aryl methyl sites for hydroxylation is 1. The number of phenols is 1. The molecular formula is C33H36N4O9S. The van der Waals surface area contributed by atoms with Gasteiger partial charge < -0.3 is 34.1 Å². The number of piperazine rings is 1. The summed E-state index contributed by atoms with van der Waals surface area (Å²) in [5, 5.41) is 24.9. The third kappa shape index (κ3) is 4.62. The van der Waals surface area contributed by atoms with E-state index in [9.17, 15) is 24.8 Å². The molecule has 1 amide bonds. The number of methoxy groups -OCH3 is 1. The molecule has 47 heavy (non-hydrogen) atoms. The highest BCUT2D eigenvalue weighted by atomic mass is 32.2. The minimum atomic E-state index is -0.948. The maximum Gasteiger partial charge on any atom is 0.329 e. The van der Waals surface area contributed by atoms with Gasteiger partial charge in [0, 0.05) is 53.9 Å². The smallest absolute Gasteiger partial charge is 0.329 e. The van der Waals surface area contributed by atoms with E-state index in [-0.39, 0.29) is 36.9 Å². The Morgan fingerprint density at radius 2 is 1.87 bits per heavy atom. The van der Waals surface area contributed by atoms with Crippen LogP contribution < -0.4 is 24.3 Å². The van der Waals surface area contributed by atoms with Crippen molar-refractivity contribution < 1.29 is 43.2 Å². The normalized spacial score (nSPS) is 29.0. The number of benzene rings is 2. The number of aromatic hydroxyl groups is 1. The van der Waals surface area contributed by atoms with Gasteiger partial charge in [0.15, 0.2) is 23.0 Å². The lowest BCUT2D eigenvalue weighted by molar-refractivity contribution is -0.152. The number of phenolic OH excluding ortho intramolecular Hbond substituents is 1. The molecule has 0 spiro atoms. The molecule has 2 saturated heterocycles. The Balaban J connectivity index is 1.54. The van der Waals surface area contributed by atoms with E-state index < -0.39 is 47.4 Å². The molecule has 4 bridgehead atoms. The van der Waals surface area contributed by atoms with Crippen molar-refractivity contribution in [1.29, 1.82) is 5.26 Å². The van der Waals surface area contributed by atoms with E-state index in [0.29, 0.717) is 51.7 Å². The molecule has 5 heterocycles. The van der Waals surface area contributed by atoms with Gasteiger partial charge in [0.1, 0.15) is 24.4 Å². The van der Waals surface area contributed by atoms with E-state index in [1.165, 1.54) is 32.7 Å². The van der Waals surface area contributed by atoms with Crippen LogP contribution in [0.3, 0.4) is 0 Å². The highest BCUT2D eigenvalue weighted by molar-refractivity contribution is 7.99. The molecule has 2 aromatic rings. The molecule has 0 saturated carbocycles. The summed E-state index contributed by atoms with van der Waals surface area (Å²) < 4.78 is 29.6. The van der Waals surface area contributed by atoms with Gasteiger partial charge in [0.2, 0.25) is 12.7 Å². The number of nitrogens with one attached hydrogen (secondary N) is 1. The number of fused-ring (bicyclic) bond motifs is 9. The predicted octanol–water partition coefficient (Wildman–Crippen LogP) is 2.74. The van der Waals surface area contributed by atoms with Gasteiger partial charge in [-0.05, 0) is 38.4 Å². The van der Waals surface area contributed by atoms with E-state index >= 15 is 0 Å². The largest absolute Gasteiger partial charge is 0.504 e. The van der Waals surface area contributed by atoms with Crippen LogP contribution >= 0.6 is 11.8 Å². The number of esters is 2. The molecule has 7 atom stereocenters. The first-order chi connectivity index (χ1) is 22.5. The molecule has 5 aliphatic rings. The first-order valence-corrected chi connectivity index (χ1v) is 16.5. The molecule has 5 aliphatic heterocycles. The Hall–Kier alpha value is -4.19. The number of likely N-dealkylation sites (N-methyl/N-ethyl adjacent to an activating group) is 1. The summed E-state index contributed by atoms with van der Waals surface area (Å²) in [6.07, 6.45) is 0.494. The molecule has 7 rings (SSSR count). The van der Waals surface area contributed by atoms with Crippen molar-refractivity contribution in [3.8, 4) is 34.8 Å². The van der Waals surface area contributed by atoms with Crippen molar-refractivity contribution in [2.75, 3.05) is 33.3 Å². The van der Waals surface area contributed by atoms with Crippen molar-refractivity contribution >= 4 is 29.6 Å². The Morgan fingerprint density at radius 1 is 1.13 bits per heavy atom. The number of ether oxygens (including phenoxy) is 5. The van der Waals surface area contributed by atoms with Gasteiger partial charge in [0.05, 0.1) is 30.5 Å². The van der Waals surface area contributed by atoms with E-state index in [2.05, 4.69) is 21.2 Å². The minimum absolute atomic E-state index is 0.0379. The van der Waals surface area contributed by atoms with Gasteiger partial charge in [-0.25, -0.2) is 4.79 Å². The molecule has 0 radical (unpaired) electrons. The number of nitrogens with zero attached hydrogens (tertiary/aromatic N) is 3. The fourth-order valence-corrected chi connectivity index (χ4v) is 9.82. The average Bonchev–Trinajstić information content (AvgIpc) is 3.50. The number of hydrogen-bond acceptors (Lipinski definition) is 13. The Kier molecular flexibility index (Phi) is 7.69. The fraction of sp³-hybridized carbons (Fsp3) is 0.515. The maximum absolute atomic E-state index is 13.4. The Labute approximate surface area is 276 Å². The molecule has 0 aromatic heterocycles. The van der Waals surface area contributed by atoms with Gasteiger partial charge in [-0.3, -0.25) is 19.4 Å². The molecule has 13 nitrogen and oxygen atoms in total. The molecule has 1 unspecified atom stereocenters. The Bertz CT molecular complexity index is 1760. The van der Waals surface area contributed by atoms with Crippen LogP contribution in [0.25, 0.3) is 0 Å². The third-order valence-corrected chi connectivity index (χ3v) is 11.4. The second-order valence-corrected chi connectivity index (χ2v) is 13.8. The second-order valence-electron chi connectivity index (χ2n) is 12.6. The number of amides is 1. The molecular weight excluding hydrogens is 628 g/mol. The second kappa shape index (κ2) is 11.5. The number of hydrogen-bond donors (Lipinski definition) is 2. The van der Waals surface area contributed by atoms with Gasteiger partial charge in [0.25, 0.3) is 0 Å². The van der Waals surface area contributed by atoms with Crippen molar-refractivity contribution in [1.82, 2.24) is 15.1 Å². The number of carbonyl (C=O) groups is 3. The highest BCUT2D eigenvalue weighted by Crippen LogP contribution is 2.64. The van der Waals surface area contributed by atoms with Crippen molar-refractivity contribution in [3.05, 3.63) is 39.4 Å². The first-order valence-electron chi connectivity index (χ1n) is 15.5. The molecule has 248 valence electrons.